The van der Waals surface area contributed by atoms with Gasteiger partial charge in [0.05, 0.1) is 4.90 Å². The largest absolute Gasteiger partial charge is 0.313 e. The lowest BCUT2D eigenvalue weighted by Crippen LogP contribution is -2.32. The number of aryl methyl sites for hydroxylation is 1. The third-order valence-electron chi connectivity index (χ3n) is 3.34. The van der Waals surface area contributed by atoms with Crippen LogP contribution in [-0.2, 0) is 16.6 Å². The Morgan fingerprint density at radius 2 is 1.95 bits per heavy atom. The normalized spacial score (nSPS) is 13.4. The lowest BCUT2D eigenvalue weighted by Gasteiger charge is -2.14. The van der Waals surface area contributed by atoms with Gasteiger partial charge in [-0.15, -0.1) is 0 Å². The van der Waals surface area contributed by atoms with E-state index in [1.807, 2.05) is 26.8 Å². The van der Waals surface area contributed by atoms with Crippen LogP contribution in [0.15, 0.2) is 23.1 Å². The summed E-state index contributed by atoms with van der Waals surface area (Å²) < 4.78 is 27.2. The van der Waals surface area contributed by atoms with E-state index in [4.69, 9.17) is 0 Å². The minimum Gasteiger partial charge on any atom is -0.313 e. The predicted molar refractivity (Wildman–Crippen MR) is 83.3 cm³/mol. The van der Waals surface area contributed by atoms with Gasteiger partial charge in [0.1, 0.15) is 0 Å². The quantitative estimate of drug-likeness (QED) is 0.725. The number of nitrogens with one attached hydrogen (secondary N) is 2. The van der Waals surface area contributed by atoms with Crippen molar-refractivity contribution in [2.75, 3.05) is 6.54 Å². The smallest absolute Gasteiger partial charge is 0.240 e. The molecule has 1 rings (SSSR count). The molecule has 0 bridgehead atoms. The maximum Gasteiger partial charge on any atom is 0.240 e. The SMILES string of the molecule is CCCNCc1cc(S(=O)(=O)NC(C)CC)ccc1C. The molecule has 0 saturated carbocycles. The fourth-order valence-electron chi connectivity index (χ4n) is 1.82. The van der Waals surface area contributed by atoms with Crippen molar-refractivity contribution in [3.05, 3.63) is 29.3 Å². The third-order valence-corrected chi connectivity index (χ3v) is 4.93. The van der Waals surface area contributed by atoms with Gasteiger partial charge in [-0.25, -0.2) is 13.1 Å². The standard InChI is InChI=1S/C15H26N2O2S/c1-5-9-16-11-14-10-15(8-7-12(14)3)20(18,19)17-13(4)6-2/h7-8,10,13,16-17H,5-6,9,11H2,1-4H3. The van der Waals surface area contributed by atoms with Gasteiger partial charge in [0, 0.05) is 12.6 Å². The zero-order valence-corrected chi connectivity index (χ0v) is 13.7. The molecule has 0 fully saturated rings. The molecule has 2 N–H and O–H groups in total. The Morgan fingerprint density at radius 1 is 1.25 bits per heavy atom. The Balaban J connectivity index is 2.93. The molecule has 1 atom stereocenters. The maximum absolute atomic E-state index is 12.3. The Labute approximate surface area is 123 Å². The van der Waals surface area contributed by atoms with Gasteiger partial charge in [0.2, 0.25) is 10.0 Å². The first kappa shape index (κ1) is 17.1. The van der Waals surface area contributed by atoms with Crippen LogP contribution < -0.4 is 10.0 Å². The number of benzene rings is 1. The van der Waals surface area contributed by atoms with Crippen LogP contribution in [0.4, 0.5) is 0 Å². The lowest BCUT2D eigenvalue weighted by molar-refractivity contribution is 0.555. The molecule has 0 radical (unpaired) electrons. The van der Waals surface area contributed by atoms with Crippen molar-refractivity contribution in [2.45, 2.75) is 58.0 Å². The Hall–Kier alpha value is -0.910. The summed E-state index contributed by atoms with van der Waals surface area (Å²) in [6.45, 7) is 9.57. The lowest BCUT2D eigenvalue weighted by atomic mass is 10.1. The van der Waals surface area contributed by atoms with Crippen LogP contribution in [0.3, 0.4) is 0 Å². The Morgan fingerprint density at radius 3 is 2.55 bits per heavy atom. The van der Waals surface area contributed by atoms with Crippen molar-refractivity contribution in [2.24, 2.45) is 0 Å². The zero-order chi connectivity index (χ0) is 15.2. The van der Waals surface area contributed by atoms with Crippen molar-refractivity contribution in [3.63, 3.8) is 0 Å². The van der Waals surface area contributed by atoms with E-state index < -0.39 is 10.0 Å². The van der Waals surface area contributed by atoms with Crippen molar-refractivity contribution in [3.8, 4) is 0 Å². The highest BCUT2D eigenvalue weighted by atomic mass is 32.2. The topological polar surface area (TPSA) is 58.2 Å². The molecule has 0 heterocycles. The van der Waals surface area contributed by atoms with Crippen molar-refractivity contribution < 1.29 is 8.42 Å². The van der Waals surface area contributed by atoms with Crippen molar-refractivity contribution in [1.29, 1.82) is 0 Å². The first-order valence-electron chi connectivity index (χ1n) is 7.23. The second-order valence-electron chi connectivity index (χ2n) is 5.20. The van der Waals surface area contributed by atoms with Crippen LogP contribution in [0.1, 0.15) is 44.7 Å². The van der Waals surface area contributed by atoms with E-state index in [1.54, 1.807) is 12.1 Å². The van der Waals surface area contributed by atoms with Crippen molar-refractivity contribution >= 4 is 10.0 Å². The van der Waals surface area contributed by atoms with Gasteiger partial charge in [-0.1, -0.05) is 19.9 Å². The van der Waals surface area contributed by atoms with Gasteiger partial charge < -0.3 is 5.32 Å². The summed E-state index contributed by atoms with van der Waals surface area (Å²) in [6, 6.07) is 5.25. The van der Waals surface area contributed by atoms with Crippen LogP contribution in [0.2, 0.25) is 0 Å². The monoisotopic (exact) mass is 298 g/mol. The van der Waals surface area contributed by atoms with Crippen LogP contribution in [-0.4, -0.2) is 21.0 Å². The zero-order valence-electron chi connectivity index (χ0n) is 12.9. The van der Waals surface area contributed by atoms with E-state index in [1.165, 1.54) is 0 Å². The Kier molecular flexibility index (Phi) is 6.65. The van der Waals surface area contributed by atoms with Crippen LogP contribution in [0.25, 0.3) is 0 Å². The van der Waals surface area contributed by atoms with Gasteiger partial charge in [0.25, 0.3) is 0 Å². The molecule has 0 amide bonds. The molecule has 0 spiro atoms. The van der Waals surface area contributed by atoms with E-state index in [2.05, 4.69) is 17.0 Å². The van der Waals surface area contributed by atoms with Crippen LogP contribution in [0, 0.1) is 6.92 Å². The third kappa shape index (κ3) is 4.89. The minimum absolute atomic E-state index is 0.0528. The van der Waals surface area contributed by atoms with Crippen molar-refractivity contribution in [1.82, 2.24) is 10.0 Å². The van der Waals surface area contributed by atoms with Gasteiger partial charge in [0.15, 0.2) is 0 Å². The molecule has 0 aliphatic carbocycles. The molecule has 0 aliphatic heterocycles. The summed E-state index contributed by atoms with van der Waals surface area (Å²) in [4.78, 5) is 0.344. The predicted octanol–water partition coefficient (Wildman–Crippen LogP) is 2.57. The molecule has 114 valence electrons. The molecule has 4 nitrogen and oxygen atoms in total. The second-order valence-corrected chi connectivity index (χ2v) is 6.91. The molecule has 0 aromatic heterocycles. The molecule has 1 unspecified atom stereocenters. The second kappa shape index (κ2) is 7.76. The summed E-state index contributed by atoms with van der Waals surface area (Å²) in [7, 11) is -3.42. The molecule has 0 saturated heterocycles. The molecule has 0 aliphatic rings. The highest BCUT2D eigenvalue weighted by Gasteiger charge is 2.17. The summed E-state index contributed by atoms with van der Waals surface area (Å²) >= 11 is 0. The fraction of sp³-hybridized carbons (Fsp3) is 0.600. The first-order valence-corrected chi connectivity index (χ1v) is 8.71. The van der Waals surface area contributed by atoms with E-state index in [0.29, 0.717) is 11.4 Å². The highest BCUT2D eigenvalue weighted by Crippen LogP contribution is 2.16. The number of rotatable bonds is 8. The molecular weight excluding hydrogens is 272 g/mol. The van der Waals surface area contributed by atoms with Gasteiger partial charge in [-0.3, -0.25) is 0 Å². The summed E-state index contributed by atoms with van der Waals surface area (Å²) in [5.74, 6) is 0. The first-order chi connectivity index (χ1) is 9.40. The van der Waals surface area contributed by atoms with E-state index in [-0.39, 0.29) is 6.04 Å². The molecule has 1 aromatic carbocycles. The fourth-order valence-corrected chi connectivity index (χ4v) is 3.20. The minimum atomic E-state index is -3.42. The number of hydrogen-bond acceptors (Lipinski definition) is 3. The van der Waals surface area contributed by atoms with Crippen LogP contribution >= 0.6 is 0 Å². The van der Waals surface area contributed by atoms with E-state index >= 15 is 0 Å². The molecule has 1 aromatic rings. The Bertz CT molecular complexity index is 527. The molecule has 20 heavy (non-hydrogen) atoms. The summed E-state index contributed by atoms with van der Waals surface area (Å²) in [6.07, 6.45) is 1.84. The van der Waals surface area contributed by atoms with Gasteiger partial charge in [-0.2, -0.15) is 0 Å². The van der Waals surface area contributed by atoms with E-state index in [0.717, 1.165) is 30.5 Å². The maximum atomic E-state index is 12.3. The average molecular weight is 298 g/mol. The number of hydrogen-bond donors (Lipinski definition) is 2. The summed E-state index contributed by atoms with van der Waals surface area (Å²) in [5.41, 5.74) is 2.14. The summed E-state index contributed by atoms with van der Waals surface area (Å²) in [5, 5.41) is 3.31. The molecule has 5 heteroatoms. The number of sulfonamides is 1. The van der Waals surface area contributed by atoms with Gasteiger partial charge >= 0.3 is 0 Å². The molecular formula is C15H26N2O2S. The van der Waals surface area contributed by atoms with Gasteiger partial charge in [-0.05, 0) is 56.5 Å². The van der Waals surface area contributed by atoms with E-state index in [9.17, 15) is 8.42 Å². The average Bonchev–Trinajstić information content (AvgIpc) is 2.40. The van der Waals surface area contributed by atoms with Crippen LogP contribution in [0.5, 0.6) is 0 Å². The highest BCUT2D eigenvalue weighted by molar-refractivity contribution is 7.89.